The fourth-order valence-corrected chi connectivity index (χ4v) is 3.24. The molecule has 4 rings (SSSR count). The summed E-state index contributed by atoms with van der Waals surface area (Å²) >= 11 is 0. The molecule has 9 heteroatoms. The predicted octanol–water partition coefficient (Wildman–Crippen LogP) is 4.22. The van der Waals surface area contributed by atoms with Gasteiger partial charge in [0, 0.05) is 44.5 Å². The number of nitrogens with zero attached hydrogens (tertiary/aromatic N) is 4. The lowest BCUT2D eigenvalue weighted by Gasteiger charge is -2.35. The Labute approximate surface area is 164 Å². The van der Waals surface area contributed by atoms with Crippen molar-refractivity contribution >= 4 is 5.82 Å². The van der Waals surface area contributed by atoms with E-state index in [0.29, 0.717) is 50.0 Å². The number of hydrogen-bond donors (Lipinski definition) is 0. The van der Waals surface area contributed by atoms with Gasteiger partial charge in [0.1, 0.15) is 17.9 Å². The summed E-state index contributed by atoms with van der Waals surface area (Å²) < 4.78 is 56.8. The van der Waals surface area contributed by atoms with Gasteiger partial charge in [0.25, 0.3) is 0 Å². The molecule has 0 atom stereocenters. The van der Waals surface area contributed by atoms with Gasteiger partial charge in [-0.3, -0.25) is 4.90 Å². The second kappa shape index (κ2) is 7.82. The van der Waals surface area contributed by atoms with Crippen molar-refractivity contribution in [2.45, 2.75) is 12.7 Å². The SMILES string of the molecule is Fc1cccc(-c2nc(CN3CCN(c4ccc(C(F)(F)F)cn4)CC3)co2)c1. The van der Waals surface area contributed by atoms with E-state index < -0.39 is 11.7 Å². The normalized spacial score (nSPS) is 15.7. The quantitative estimate of drug-likeness (QED) is 0.608. The van der Waals surface area contributed by atoms with Gasteiger partial charge in [-0.2, -0.15) is 13.2 Å². The van der Waals surface area contributed by atoms with Gasteiger partial charge in [-0.1, -0.05) is 6.07 Å². The molecule has 0 radical (unpaired) electrons. The summed E-state index contributed by atoms with van der Waals surface area (Å²) in [5, 5.41) is 0. The molecule has 152 valence electrons. The molecule has 1 saturated heterocycles. The van der Waals surface area contributed by atoms with Crippen molar-refractivity contribution in [3.05, 3.63) is 65.9 Å². The third kappa shape index (κ3) is 4.56. The maximum Gasteiger partial charge on any atom is 0.417 e. The fourth-order valence-electron chi connectivity index (χ4n) is 3.24. The number of hydrogen-bond acceptors (Lipinski definition) is 5. The number of rotatable bonds is 4. The third-order valence-electron chi connectivity index (χ3n) is 4.78. The minimum absolute atomic E-state index is 0.352. The molecule has 1 aliphatic heterocycles. The first-order valence-electron chi connectivity index (χ1n) is 9.09. The monoisotopic (exact) mass is 406 g/mol. The smallest absolute Gasteiger partial charge is 0.417 e. The topological polar surface area (TPSA) is 45.4 Å². The Bertz CT molecular complexity index is 963. The molecule has 29 heavy (non-hydrogen) atoms. The van der Waals surface area contributed by atoms with Crippen molar-refractivity contribution in [3.63, 3.8) is 0 Å². The molecule has 1 aromatic carbocycles. The van der Waals surface area contributed by atoms with Crippen LogP contribution in [0.5, 0.6) is 0 Å². The Morgan fingerprint density at radius 2 is 1.83 bits per heavy atom. The van der Waals surface area contributed by atoms with Gasteiger partial charge in [0.15, 0.2) is 0 Å². The molecule has 3 aromatic rings. The predicted molar refractivity (Wildman–Crippen MR) is 98.6 cm³/mol. The van der Waals surface area contributed by atoms with E-state index in [-0.39, 0.29) is 5.82 Å². The second-order valence-electron chi connectivity index (χ2n) is 6.82. The highest BCUT2D eigenvalue weighted by Gasteiger charge is 2.31. The first-order chi connectivity index (χ1) is 13.9. The van der Waals surface area contributed by atoms with E-state index in [9.17, 15) is 17.6 Å². The van der Waals surface area contributed by atoms with E-state index >= 15 is 0 Å². The van der Waals surface area contributed by atoms with Crippen molar-refractivity contribution in [2.24, 2.45) is 0 Å². The van der Waals surface area contributed by atoms with Crippen LogP contribution in [0.4, 0.5) is 23.4 Å². The first-order valence-corrected chi connectivity index (χ1v) is 9.09. The highest BCUT2D eigenvalue weighted by molar-refractivity contribution is 5.52. The summed E-state index contributed by atoms with van der Waals surface area (Å²) in [5.41, 5.74) is 0.569. The zero-order valence-corrected chi connectivity index (χ0v) is 15.4. The number of alkyl halides is 3. The molecule has 0 saturated carbocycles. The second-order valence-corrected chi connectivity index (χ2v) is 6.82. The molecule has 3 heterocycles. The number of piperazine rings is 1. The van der Waals surface area contributed by atoms with E-state index in [1.807, 2.05) is 4.90 Å². The molecule has 0 amide bonds. The Balaban J connectivity index is 1.33. The molecule has 0 N–H and O–H groups in total. The minimum atomic E-state index is -4.38. The van der Waals surface area contributed by atoms with Crippen molar-refractivity contribution < 1.29 is 22.0 Å². The third-order valence-corrected chi connectivity index (χ3v) is 4.78. The molecule has 0 aliphatic carbocycles. The Hall–Kier alpha value is -2.94. The Kier molecular flexibility index (Phi) is 5.23. The lowest BCUT2D eigenvalue weighted by molar-refractivity contribution is -0.137. The highest BCUT2D eigenvalue weighted by Crippen LogP contribution is 2.29. The molecule has 0 bridgehead atoms. The van der Waals surface area contributed by atoms with Gasteiger partial charge in [-0.15, -0.1) is 0 Å². The van der Waals surface area contributed by atoms with Gasteiger partial charge in [-0.05, 0) is 30.3 Å². The molecule has 1 fully saturated rings. The summed E-state index contributed by atoms with van der Waals surface area (Å²) in [6.45, 7) is 3.29. The average Bonchev–Trinajstić information content (AvgIpc) is 3.17. The van der Waals surface area contributed by atoms with E-state index in [1.165, 1.54) is 18.2 Å². The summed E-state index contributed by atoms with van der Waals surface area (Å²) in [6, 6.07) is 8.51. The lowest BCUT2D eigenvalue weighted by atomic mass is 10.2. The zero-order valence-electron chi connectivity index (χ0n) is 15.4. The Morgan fingerprint density at radius 3 is 2.48 bits per heavy atom. The van der Waals surface area contributed by atoms with Crippen LogP contribution in [-0.2, 0) is 12.7 Å². The molecular weight excluding hydrogens is 388 g/mol. The summed E-state index contributed by atoms with van der Waals surface area (Å²) in [4.78, 5) is 12.5. The molecule has 5 nitrogen and oxygen atoms in total. The Morgan fingerprint density at radius 1 is 1.03 bits per heavy atom. The maximum absolute atomic E-state index is 13.3. The number of pyridine rings is 1. The number of aromatic nitrogens is 2. The first kappa shape index (κ1) is 19.4. The van der Waals surface area contributed by atoms with Gasteiger partial charge < -0.3 is 9.32 Å². The van der Waals surface area contributed by atoms with Crippen LogP contribution in [0.25, 0.3) is 11.5 Å². The van der Waals surface area contributed by atoms with Crippen LogP contribution in [-0.4, -0.2) is 41.0 Å². The van der Waals surface area contributed by atoms with E-state index in [0.717, 1.165) is 18.0 Å². The molecule has 1 aliphatic rings. The minimum Gasteiger partial charge on any atom is -0.444 e. The highest BCUT2D eigenvalue weighted by atomic mass is 19.4. The number of halogens is 4. The van der Waals surface area contributed by atoms with Gasteiger partial charge in [-0.25, -0.2) is 14.4 Å². The largest absolute Gasteiger partial charge is 0.444 e. The number of oxazole rings is 1. The van der Waals surface area contributed by atoms with E-state index in [4.69, 9.17) is 4.42 Å². The van der Waals surface area contributed by atoms with Crippen LogP contribution in [0.2, 0.25) is 0 Å². The molecule has 2 aromatic heterocycles. The maximum atomic E-state index is 13.3. The van der Waals surface area contributed by atoms with Crippen LogP contribution in [0, 0.1) is 5.82 Å². The molecule has 0 unspecified atom stereocenters. The van der Waals surface area contributed by atoms with Crippen molar-refractivity contribution in [2.75, 3.05) is 31.1 Å². The standard InChI is InChI=1S/C20H18F4N4O/c21-16-3-1-2-14(10-16)19-26-17(13-29-19)12-27-6-8-28(9-7-27)18-5-4-15(11-25-18)20(22,23)24/h1-5,10-11,13H,6-9,12H2. The van der Waals surface area contributed by atoms with Gasteiger partial charge >= 0.3 is 6.18 Å². The molecular formula is C20H18F4N4O. The van der Waals surface area contributed by atoms with Crippen molar-refractivity contribution in [1.82, 2.24) is 14.9 Å². The van der Waals surface area contributed by atoms with Crippen molar-refractivity contribution in [3.8, 4) is 11.5 Å². The zero-order chi connectivity index (χ0) is 20.4. The average molecular weight is 406 g/mol. The van der Waals surface area contributed by atoms with Crippen LogP contribution < -0.4 is 4.90 Å². The van der Waals surface area contributed by atoms with Gasteiger partial charge in [0.2, 0.25) is 5.89 Å². The van der Waals surface area contributed by atoms with E-state index in [1.54, 1.807) is 18.4 Å². The van der Waals surface area contributed by atoms with Gasteiger partial charge in [0.05, 0.1) is 11.3 Å². The van der Waals surface area contributed by atoms with Crippen LogP contribution in [0.3, 0.4) is 0 Å². The molecule has 0 spiro atoms. The van der Waals surface area contributed by atoms with Crippen LogP contribution in [0.15, 0.2) is 53.3 Å². The van der Waals surface area contributed by atoms with Crippen molar-refractivity contribution in [1.29, 1.82) is 0 Å². The summed E-state index contributed by atoms with van der Waals surface area (Å²) in [5.74, 6) is 0.551. The van der Waals surface area contributed by atoms with Crippen LogP contribution in [0.1, 0.15) is 11.3 Å². The number of benzene rings is 1. The fraction of sp³-hybridized carbons (Fsp3) is 0.300. The summed E-state index contributed by atoms with van der Waals surface area (Å²) in [7, 11) is 0. The summed E-state index contributed by atoms with van der Waals surface area (Å²) in [6.07, 6.45) is -1.96. The number of anilines is 1. The van der Waals surface area contributed by atoms with Crippen LogP contribution >= 0.6 is 0 Å². The van der Waals surface area contributed by atoms with E-state index in [2.05, 4.69) is 14.9 Å². The lowest BCUT2D eigenvalue weighted by Crippen LogP contribution is -2.46.